The van der Waals surface area contributed by atoms with Crippen molar-refractivity contribution < 1.29 is 19.1 Å². The molecule has 1 heterocycles. The number of aromatic nitrogens is 2. The third kappa shape index (κ3) is 5.98. The van der Waals surface area contributed by atoms with Gasteiger partial charge in [0.05, 0.1) is 18.4 Å². The topological polar surface area (TPSA) is 85.7 Å². The Morgan fingerprint density at radius 2 is 1.70 bits per heavy atom. The Kier molecular flexibility index (Phi) is 7.88. The number of aryl methyl sites for hydroxylation is 1. The van der Waals surface area contributed by atoms with Gasteiger partial charge < -0.3 is 19.7 Å². The third-order valence-corrected chi connectivity index (χ3v) is 5.91. The highest BCUT2D eigenvalue weighted by molar-refractivity contribution is 6.00. The van der Waals surface area contributed by atoms with Gasteiger partial charge in [0.15, 0.2) is 18.1 Å². The Hall–Kier alpha value is -4.59. The van der Waals surface area contributed by atoms with Crippen LogP contribution >= 0.6 is 0 Å². The first-order valence-electron chi connectivity index (χ1n) is 11.9. The van der Waals surface area contributed by atoms with Crippen LogP contribution in [0.3, 0.4) is 0 Å². The highest BCUT2D eigenvalue weighted by atomic mass is 16.5. The number of benzene rings is 3. The summed E-state index contributed by atoms with van der Waals surface area (Å²) in [5, 5.41) is 7.76. The van der Waals surface area contributed by atoms with E-state index in [1.807, 2.05) is 67.6 Å². The molecule has 1 N–H and O–H groups in total. The highest BCUT2D eigenvalue weighted by Gasteiger charge is 2.20. The first-order chi connectivity index (χ1) is 17.9. The maximum Gasteiger partial charge on any atom is 0.259 e. The lowest BCUT2D eigenvalue weighted by Crippen LogP contribution is -2.27. The van der Waals surface area contributed by atoms with Gasteiger partial charge in [-0.2, -0.15) is 5.10 Å². The van der Waals surface area contributed by atoms with Crippen molar-refractivity contribution in [1.82, 2.24) is 20.0 Å². The van der Waals surface area contributed by atoms with Crippen LogP contribution in [0, 0.1) is 6.92 Å². The number of para-hydroxylation sites is 1. The molecule has 190 valence electrons. The van der Waals surface area contributed by atoms with E-state index in [-0.39, 0.29) is 25.0 Å². The Balaban J connectivity index is 1.55. The third-order valence-electron chi connectivity index (χ3n) is 5.91. The number of carbonyl (C=O) groups is 2. The number of nitrogens with one attached hydrogen (secondary N) is 1. The van der Waals surface area contributed by atoms with Crippen molar-refractivity contribution in [2.45, 2.75) is 13.5 Å². The number of ether oxygens (including phenoxy) is 2. The van der Waals surface area contributed by atoms with Crippen LogP contribution in [0.5, 0.6) is 11.5 Å². The molecule has 0 radical (unpaired) electrons. The molecule has 0 bridgehead atoms. The molecule has 0 saturated heterocycles. The fraction of sp³-hybridized carbons (Fsp3) is 0.207. The van der Waals surface area contributed by atoms with Crippen LogP contribution in [0.4, 0.5) is 0 Å². The van der Waals surface area contributed by atoms with Gasteiger partial charge in [-0.05, 0) is 42.3 Å². The number of amides is 2. The van der Waals surface area contributed by atoms with Crippen LogP contribution in [0.1, 0.15) is 21.5 Å². The summed E-state index contributed by atoms with van der Waals surface area (Å²) in [4.78, 5) is 26.7. The molecule has 4 aromatic rings. The normalized spacial score (nSPS) is 10.6. The number of hydrogen-bond donors (Lipinski definition) is 1. The number of rotatable bonds is 9. The summed E-state index contributed by atoms with van der Waals surface area (Å²) in [5.74, 6) is 0.546. The zero-order chi connectivity index (χ0) is 26.4. The van der Waals surface area contributed by atoms with Crippen molar-refractivity contribution in [3.63, 3.8) is 0 Å². The first kappa shape index (κ1) is 25.5. The van der Waals surface area contributed by atoms with Gasteiger partial charge in [0.1, 0.15) is 5.69 Å². The Morgan fingerprint density at radius 3 is 2.41 bits per heavy atom. The molecule has 37 heavy (non-hydrogen) atoms. The number of likely N-dealkylation sites (N-methyl/N-ethyl adjacent to an activating group) is 1. The summed E-state index contributed by atoms with van der Waals surface area (Å²) < 4.78 is 12.8. The molecule has 1 aromatic heterocycles. The van der Waals surface area contributed by atoms with Crippen LogP contribution in [0.25, 0.3) is 16.9 Å². The van der Waals surface area contributed by atoms with Gasteiger partial charge in [0, 0.05) is 32.4 Å². The Morgan fingerprint density at radius 1 is 0.973 bits per heavy atom. The summed E-state index contributed by atoms with van der Waals surface area (Å²) >= 11 is 0. The summed E-state index contributed by atoms with van der Waals surface area (Å²) in [6.07, 6.45) is 1.76. The fourth-order valence-electron chi connectivity index (χ4n) is 3.78. The van der Waals surface area contributed by atoms with E-state index in [9.17, 15) is 9.59 Å². The minimum atomic E-state index is -0.240. The van der Waals surface area contributed by atoms with E-state index >= 15 is 0 Å². The maximum atomic E-state index is 13.4. The predicted molar refractivity (Wildman–Crippen MR) is 142 cm³/mol. The van der Waals surface area contributed by atoms with E-state index in [1.54, 1.807) is 37.1 Å². The Bertz CT molecular complexity index is 1400. The van der Waals surface area contributed by atoms with Crippen molar-refractivity contribution in [2.75, 3.05) is 27.8 Å². The van der Waals surface area contributed by atoms with Gasteiger partial charge in [-0.15, -0.1) is 0 Å². The number of nitrogens with zero attached hydrogens (tertiary/aromatic N) is 3. The summed E-state index contributed by atoms with van der Waals surface area (Å²) in [6, 6.07) is 22.9. The molecule has 0 unspecified atom stereocenters. The average molecular weight is 499 g/mol. The van der Waals surface area contributed by atoms with E-state index in [0.717, 1.165) is 22.4 Å². The van der Waals surface area contributed by atoms with Crippen LogP contribution in [-0.2, 0) is 11.3 Å². The molecule has 8 nitrogen and oxygen atoms in total. The zero-order valence-corrected chi connectivity index (χ0v) is 21.4. The molecule has 8 heteroatoms. The SMILES string of the molecule is COc1cc(CNC(=O)c2cn(-c3ccccc3)nc2-c2ccccc2C)ccc1OCC(=O)N(C)C. The van der Waals surface area contributed by atoms with Crippen molar-refractivity contribution >= 4 is 11.8 Å². The molecular weight excluding hydrogens is 468 g/mol. The second kappa shape index (κ2) is 11.4. The van der Waals surface area contributed by atoms with Crippen LogP contribution in [0.2, 0.25) is 0 Å². The van der Waals surface area contributed by atoms with E-state index in [4.69, 9.17) is 14.6 Å². The van der Waals surface area contributed by atoms with Crippen LogP contribution < -0.4 is 14.8 Å². The number of carbonyl (C=O) groups excluding carboxylic acids is 2. The predicted octanol–water partition coefficient (Wildman–Crippen LogP) is 4.25. The van der Waals surface area contributed by atoms with Crippen LogP contribution in [0.15, 0.2) is 79.0 Å². The van der Waals surface area contributed by atoms with Crippen molar-refractivity contribution in [3.05, 3.63) is 95.7 Å². The van der Waals surface area contributed by atoms with E-state index in [0.29, 0.717) is 22.8 Å². The molecule has 0 aliphatic carbocycles. The molecule has 3 aromatic carbocycles. The van der Waals surface area contributed by atoms with Crippen molar-refractivity contribution in [3.8, 4) is 28.4 Å². The van der Waals surface area contributed by atoms with E-state index < -0.39 is 0 Å². The second-order valence-electron chi connectivity index (χ2n) is 8.73. The molecule has 0 aliphatic rings. The standard InChI is InChI=1S/C29H30N4O4/c1-20-10-8-9-13-23(20)28-24(18-33(31-28)22-11-6-5-7-12-22)29(35)30-17-21-14-15-25(26(16-21)36-4)37-19-27(34)32(2)3/h5-16,18H,17,19H2,1-4H3,(H,30,35). The molecule has 0 aliphatic heterocycles. The zero-order valence-electron chi connectivity index (χ0n) is 21.4. The van der Waals surface area contributed by atoms with Crippen LogP contribution in [-0.4, -0.2) is 54.3 Å². The fourth-order valence-corrected chi connectivity index (χ4v) is 3.78. The largest absolute Gasteiger partial charge is 0.493 e. The molecule has 0 fully saturated rings. The molecule has 0 atom stereocenters. The molecule has 0 saturated carbocycles. The average Bonchev–Trinajstić information content (AvgIpc) is 3.36. The minimum absolute atomic E-state index is 0.0907. The molecule has 4 rings (SSSR count). The lowest BCUT2D eigenvalue weighted by Gasteiger charge is -2.14. The van der Waals surface area contributed by atoms with Gasteiger partial charge in [-0.1, -0.05) is 48.5 Å². The van der Waals surface area contributed by atoms with Crippen molar-refractivity contribution in [2.24, 2.45) is 0 Å². The smallest absolute Gasteiger partial charge is 0.259 e. The first-order valence-corrected chi connectivity index (χ1v) is 11.9. The number of hydrogen-bond acceptors (Lipinski definition) is 5. The van der Waals surface area contributed by atoms with E-state index in [2.05, 4.69) is 5.32 Å². The summed E-state index contributed by atoms with van der Waals surface area (Å²) in [5.41, 5.74) is 4.72. The minimum Gasteiger partial charge on any atom is -0.493 e. The van der Waals surface area contributed by atoms with E-state index in [1.165, 1.54) is 12.0 Å². The highest BCUT2D eigenvalue weighted by Crippen LogP contribution is 2.29. The molecule has 2 amide bonds. The van der Waals surface area contributed by atoms with Gasteiger partial charge in [-0.25, -0.2) is 4.68 Å². The number of methoxy groups -OCH3 is 1. The monoisotopic (exact) mass is 498 g/mol. The maximum absolute atomic E-state index is 13.4. The summed E-state index contributed by atoms with van der Waals surface area (Å²) in [7, 11) is 4.87. The van der Waals surface area contributed by atoms with Gasteiger partial charge >= 0.3 is 0 Å². The quantitative estimate of drug-likeness (QED) is 0.373. The lowest BCUT2D eigenvalue weighted by atomic mass is 10.0. The Labute approximate surface area is 216 Å². The lowest BCUT2D eigenvalue weighted by molar-refractivity contribution is -0.130. The molecular formula is C29H30N4O4. The second-order valence-corrected chi connectivity index (χ2v) is 8.73. The van der Waals surface area contributed by atoms with Gasteiger partial charge in [0.2, 0.25) is 0 Å². The van der Waals surface area contributed by atoms with Crippen molar-refractivity contribution in [1.29, 1.82) is 0 Å². The molecule has 0 spiro atoms. The van der Waals surface area contributed by atoms with Gasteiger partial charge in [0.25, 0.3) is 11.8 Å². The van der Waals surface area contributed by atoms with Gasteiger partial charge in [-0.3, -0.25) is 9.59 Å². The summed E-state index contributed by atoms with van der Waals surface area (Å²) in [6.45, 7) is 2.18.